The summed E-state index contributed by atoms with van der Waals surface area (Å²) in [6.45, 7) is 10.9. The van der Waals surface area contributed by atoms with Crippen LogP contribution in [0.15, 0.2) is 12.2 Å². The first-order chi connectivity index (χ1) is 10.6. The predicted molar refractivity (Wildman–Crippen MR) is 89.7 cm³/mol. The van der Waals surface area contributed by atoms with Crippen molar-refractivity contribution in [1.29, 1.82) is 0 Å². The van der Waals surface area contributed by atoms with Crippen molar-refractivity contribution in [2.24, 2.45) is 34.0 Å². The average molecular weight is 320 g/mol. The second kappa shape index (κ2) is 4.62. The van der Waals surface area contributed by atoms with Gasteiger partial charge in [0, 0.05) is 5.41 Å². The zero-order valence-corrected chi connectivity index (χ0v) is 14.8. The summed E-state index contributed by atoms with van der Waals surface area (Å²) in [4.78, 5) is 0. The van der Waals surface area contributed by atoms with Crippen LogP contribution in [-0.2, 0) is 0 Å². The van der Waals surface area contributed by atoms with E-state index in [9.17, 15) is 15.3 Å². The number of aliphatic hydroxyl groups is 3. The molecular formula is C20H32O3. The van der Waals surface area contributed by atoms with Crippen molar-refractivity contribution in [2.75, 3.05) is 0 Å². The lowest BCUT2D eigenvalue weighted by atomic mass is 9.40. The van der Waals surface area contributed by atoms with E-state index < -0.39 is 6.10 Å². The minimum absolute atomic E-state index is 0.00301. The quantitative estimate of drug-likeness (QED) is 0.602. The van der Waals surface area contributed by atoms with Crippen LogP contribution in [0.25, 0.3) is 0 Å². The van der Waals surface area contributed by atoms with Crippen LogP contribution in [0, 0.1) is 34.0 Å². The van der Waals surface area contributed by atoms with Gasteiger partial charge in [-0.15, -0.1) is 0 Å². The van der Waals surface area contributed by atoms with Gasteiger partial charge in [-0.1, -0.05) is 27.4 Å². The third-order valence-electron chi connectivity index (χ3n) is 8.70. The summed E-state index contributed by atoms with van der Waals surface area (Å²) < 4.78 is 0. The fourth-order valence-corrected chi connectivity index (χ4v) is 7.69. The molecule has 0 aliphatic heterocycles. The van der Waals surface area contributed by atoms with Crippen LogP contribution in [0.2, 0.25) is 0 Å². The normalized spacial score (nSPS) is 57.7. The lowest BCUT2D eigenvalue weighted by molar-refractivity contribution is -0.222. The van der Waals surface area contributed by atoms with Crippen LogP contribution in [-0.4, -0.2) is 33.6 Å². The zero-order chi connectivity index (χ0) is 16.8. The number of aliphatic hydroxyl groups excluding tert-OH is 3. The molecule has 0 amide bonds. The molecule has 0 unspecified atom stereocenters. The molecule has 3 N–H and O–H groups in total. The number of fused-ring (bicyclic) bond motifs is 3. The Kier molecular flexibility index (Phi) is 3.23. The standard InChI is InChI=1S/C20H32O3/c1-11-12-9-13(21)16-19(4)7-6-15(22)18(2,3)14(19)5-8-20(16,10-12)17(11)23/h12-17,21-23H,1,5-10H2,2-4H3/t12-,13+,14-,15-,16+,17+,19-,20-/m1/s1. The van der Waals surface area contributed by atoms with Gasteiger partial charge >= 0.3 is 0 Å². The van der Waals surface area contributed by atoms with E-state index in [1.807, 2.05) is 0 Å². The summed E-state index contributed by atoms with van der Waals surface area (Å²) in [5.74, 6) is 0.825. The Bertz CT molecular complexity index is 541. The summed E-state index contributed by atoms with van der Waals surface area (Å²) >= 11 is 0. The summed E-state index contributed by atoms with van der Waals surface area (Å²) in [6.07, 6.45) is 4.46. The molecule has 4 fully saturated rings. The number of hydrogen-bond donors (Lipinski definition) is 3. The average Bonchev–Trinajstić information content (AvgIpc) is 2.65. The second-order valence-electron chi connectivity index (χ2n) is 9.87. The highest BCUT2D eigenvalue weighted by Gasteiger charge is 2.69. The molecule has 0 aromatic carbocycles. The van der Waals surface area contributed by atoms with Gasteiger partial charge in [-0.05, 0) is 72.7 Å². The van der Waals surface area contributed by atoms with E-state index in [2.05, 4.69) is 27.4 Å². The third kappa shape index (κ3) is 1.77. The van der Waals surface area contributed by atoms with E-state index in [1.54, 1.807) is 0 Å². The highest BCUT2D eigenvalue weighted by Crippen LogP contribution is 2.71. The fourth-order valence-electron chi connectivity index (χ4n) is 7.69. The Hall–Kier alpha value is -0.380. The Morgan fingerprint density at radius 2 is 1.74 bits per heavy atom. The maximum Gasteiger partial charge on any atom is 0.0810 e. The first-order valence-corrected chi connectivity index (χ1v) is 9.37. The smallest absolute Gasteiger partial charge is 0.0810 e. The van der Waals surface area contributed by atoms with Crippen molar-refractivity contribution in [2.45, 2.75) is 77.6 Å². The molecule has 8 atom stereocenters. The van der Waals surface area contributed by atoms with Crippen LogP contribution in [0.4, 0.5) is 0 Å². The zero-order valence-electron chi connectivity index (χ0n) is 14.8. The highest BCUT2D eigenvalue weighted by molar-refractivity contribution is 5.28. The lowest BCUT2D eigenvalue weighted by Crippen LogP contribution is -2.64. The Morgan fingerprint density at radius 1 is 1.04 bits per heavy atom. The van der Waals surface area contributed by atoms with Crippen molar-refractivity contribution in [3.8, 4) is 0 Å². The summed E-state index contributed by atoms with van der Waals surface area (Å²) in [5, 5.41) is 32.6. The Labute approximate surface area is 139 Å². The molecule has 4 aliphatic rings. The molecule has 3 nitrogen and oxygen atoms in total. The molecule has 2 bridgehead atoms. The maximum absolute atomic E-state index is 11.0. The van der Waals surface area contributed by atoms with Crippen molar-refractivity contribution in [1.82, 2.24) is 0 Å². The Balaban J connectivity index is 1.81. The first-order valence-electron chi connectivity index (χ1n) is 9.37. The molecule has 4 aliphatic carbocycles. The molecule has 0 aromatic rings. The van der Waals surface area contributed by atoms with Crippen molar-refractivity contribution >= 4 is 0 Å². The molecule has 4 rings (SSSR count). The van der Waals surface area contributed by atoms with Crippen LogP contribution in [0.3, 0.4) is 0 Å². The van der Waals surface area contributed by atoms with Gasteiger partial charge in [0.25, 0.3) is 0 Å². The minimum atomic E-state index is -0.456. The van der Waals surface area contributed by atoms with Crippen LogP contribution >= 0.6 is 0 Å². The molecule has 0 heterocycles. The largest absolute Gasteiger partial charge is 0.393 e. The van der Waals surface area contributed by atoms with Gasteiger partial charge in [0.15, 0.2) is 0 Å². The molecule has 0 radical (unpaired) electrons. The molecule has 1 spiro atoms. The summed E-state index contributed by atoms with van der Waals surface area (Å²) in [6, 6.07) is 0. The van der Waals surface area contributed by atoms with Gasteiger partial charge in [-0.3, -0.25) is 0 Å². The topological polar surface area (TPSA) is 60.7 Å². The fraction of sp³-hybridized carbons (Fsp3) is 0.900. The van der Waals surface area contributed by atoms with Gasteiger partial charge in [-0.25, -0.2) is 0 Å². The van der Waals surface area contributed by atoms with Crippen LogP contribution in [0.5, 0.6) is 0 Å². The van der Waals surface area contributed by atoms with Gasteiger partial charge in [-0.2, -0.15) is 0 Å². The van der Waals surface area contributed by atoms with Crippen molar-refractivity contribution in [3.05, 3.63) is 12.2 Å². The van der Waals surface area contributed by atoms with Gasteiger partial charge in [0.1, 0.15) is 0 Å². The maximum atomic E-state index is 11.0. The van der Waals surface area contributed by atoms with E-state index >= 15 is 0 Å². The van der Waals surface area contributed by atoms with Crippen LogP contribution < -0.4 is 0 Å². The lowest BCUT2D eigenvalue weighted by Gasteiger charge is -2.66. The van der Waals surface area contributed by atoms with E-state index in [-0.39, 0.29) is 34.4 Å². The van der Waals surface area contributed by atoms with Gasteiger partial charge in [0.05, 0.1) is 18.3 Å². The second-order valence-corrected chi connectivity index (χ2v) is 9.87. The van der Waals surface area contributed by atoms with E-state index in [0.717, 1.165) is 44.1 Å². The third-order valence-corrected chi connectivity index (χ3v) is 8.70. The summed E-state index contributed by atoms with van der Waals surface area (Å²) in [7, 11) is 0. The molecular weight excluding hydrogens is 288 g/mol. The van der Waals surface area contributed by atoms with E-state index in [1.165, 1.54) is 0 Å². The molecule has 3 heteroatoms. The molecule has 4 saturated carbocycles. The SMILES string of the molecule is C=C1[C@@H]2C[C@H](O)[C@H]3[C@]4(C)CC[C@@H](O)C(C)(C)[C@H]4CC[C@]3(C2)[C@H]1O. The van der Waals surface area contributed by atoms with E-state index in [0.29, 0.717) is 11.8 Å². The molecule has 23 heavy (non-hydrogen) atoms. The monoisotopic (exact) mass is 320 g/mol. The van der Waals surface area contributed by atoms with Crippen molar-refractivity contribution < 1.29 is 15.3 Å². The first kappa shape index (κ1) is 16.1. The molecule has 0 aromatic heterocycles. The van der Waals surface area contributed by atoms with E-state index in [4.69, 9.17) is 0 Å². The number of rotatable bonds is 0. The number of hydrogen-bond acceptors (Lipinski definition) is 3. The van der Waals surface area contributed by atoms with Crippen LogP contribution in [0.1, 0.15) is 59.3 Å². The molecule has 0 saturated heterocycles. The van der Waals surface area contributed by atoms with Crippen molar-refractivity contribution in [3.63, 3.8) is 0 Å². The highest BCUT2D eigenvalue weighted by atomic mass is 16.3. The van der Waals surface area contributed by atoms with Gasteiger partial charge < -0.3 is 15.3 Å². The summed E-state index contributed by atoms with van der Waals surface area (Å²) in [5.41, 5.74) is 0.662. The Morgan fingerprint density at radius 3 is 2.43 bits per heavy atom. The molecule has 130 valence electrons. The van der Waals surface area contributed by atoms with Gasteiger partial charge in [0.2, 0.25) is 0 Å². The predicted octanol–water partition coefficient (Wildman–Crippen LogP) is 2.89. The minimum Gasteiger partial charge on any atom is -0.393 e.